The molecule has 3 saturated heterocycles. The molecule has 2 bridgehead atoms. The van der Waals surface area contributed by atoms with Crippen molar-refractivity contribution in [3.05, 3.63) is 41.8 Å². The van der Waals surface area contributed by atoms with Crippen LogP contribution in [-0.2, 0) is 19.1 Å². The summed E-state index contributed by atoms with van der Waals surface area (Å²) in [4.78, 5) is 39.8. The van der Waals surface area contributed by atoms with Gasteiger partial charge >= 0.3 is 6.09 Å². The van der Waals surface area contributed by atoms with Crippen molar-refractivity contribution in [1.82, 2.24) is 4.90 Å². The lowest BCUT2D eigenvalue weighted by Gasteiger charge is -2.17. The lowest BCUT2D eigenvalue weighted by molar-refractivity contribution is -0.142. The molecule has 3 aliphatic rings. The highest BCUT2D eigenvalue weighted by Crippen LogP contribution is 2.48. The van der Waals surface area contributed by atoms with E-state index < -0.39 is 6.09 Å². The Kier molecular flexibility index (Phi) is 5.97. The first kappa shape index (κ1) is 21.2. The van der Waals surface area contributed by atoms with Gasteiger partial charge in [0, 0.05) is 17.1 Å². The molecule has 32 heavy (non-hydrogen) atoms. The third-order valence-corrected chi connectivity index (χ3v) is 7.49. The number of ether oxygens (including phenoxy) is 2. The molecule has 0 saturated carbocycles. The molecule has 5 rings (SSSR count). The fourth-order valence-electron chi connectivity index (χ4n) is 5.02. The molecular formula is C24H26N2O5S. The molecule has 4 heterocycles. The minimum absolute atomic E-state index is 0.0621. The summed E-state index contributed by atoms with van der Waals surface area (Å²) in [6.45, 7) is 0.733. The van der Waals surface area contributed by atoms with E-state index >= 15 is 0 Å². The van der Waals surface area contributed by atoms with E-state index in [0.29, 0.717) is 31.7 Å². The molecular weight excluding hydrogens is 428 g/mol. The maximum atomic E-state index is 12.6. The maximum absolute atomic E-state index is 12.6. The van der Waals surface area contributed by atoms with Crippen molar-refractivity contribution < 1.29 is 23.9 Å². The molecule has 4 unspecified atom stereocenters. The number of carbonyl (C=O) groups excluding carboxylic acids is 3. The summed E-state index contributed by atoms with van der Waals surface area (Å²) in [5.74, 6) is -0.638. The van der Waals surface area contributed by atoms with Crippen LogP contribution in [0.1, 0.15) is 32.1 Å². The average Bonchev–Trinajstić information content (AvgIpc) is 3.58. The van der Waals surface area contributed by atoms with Gasteiger partial charge in [-0.3, -0.25) is 19.8 Å². The van der Waals surface area contributed by atoms with Gasteiger partial charge in [0.2, 0.25) is 11.8 Å². The van der Waals surface area contributed by atoms with E-state index in [0.717, 1.165) is 24.8 Å². The summed E-state index contributed by atoms with van der Waals surface area (Å²) in [6.07, 6.45) is 3.33. The first-order valence-corrected chi connectivity index (χ1v) is 12.1. The summed E-state index contributed by atoms with van der Waals surface area (Å²) >= 11 is 1.67. The summed E-state index contributed by atoms with van der Waals surface area (Å²) in [5, 5.41) is 4.76. The number of hydrogen-bond acceptors (Lipinski definition) is 6. The van der Waals surface area contributed by atoms with Gasteiger partial charge in [0.15, 0.2) is 0 Å². The van der Waals surface area contributed by atoms with Crippen molar-refractivity contribution in [3.8, 4) is 10.4 Å². The molecule has 0 radical (unpaired) electrons. The Morgan fingerprint density at radius 1 is 1.03 bits per heavy atom. The Morgan fingerprint density at radius 2 is 1.75 bits per heavy atom. The third-order valence-electron chi connectivity index (χ3n) is 6.57. The van der Waals surface area contributed by atoms with E-state index in [1.165, 1.54) is 9.78 Å². The number of benzene rings is 1. The molecule has 3 amide bonds. The monoisotopic (exact) mass is 454 g/mol. The van der Waals surface area contributed by atoms with Crippen LogP contribution in [0.25, 0.3) is 10.4 Å². The van der Waals surface area contributed by atoms with Crippen molar-refractivity contribution >= 4 is 34.9 Å². The molecule has 0 aliphatic carbocycles. The zero-order valence-electron chi connectivity index (χ0n) is 17.7. The molecule has 3 fully saturated rings. The topological polar surface area (TPSA) is 84.9 Å². The van der Waals surface area contributed by atoms with Gasteiger partial charge in [0.05, 0.1) is 30.7 Å². The van der Waals surface area contributed by atoms with Gasteiger partial charge in [-0.2, -0.15) is 0 Å². The SMILES string of the molecule is O=C(Nc1ccc(-c2cccs2)cc1)OCCCCCN1C(=O)C2C3CCC(O3)C2C1=O. The number of carbonyl (C=O) groups is 3. The van der Waals surface area contributed by atoms with E-state index in [2.05, 4.69) is 11.4 Å². The minimum Gasteiger partial charge on any atom is -0.449 e. The van der Waals surface area contributed by atoms with Crippen LogP contribution in [0.3, 0.4) is 0 Å². The normalized spacial score (nSPS) is 25.9. The Morgan fingerprint density at radius 3 is 2.41 bits per heavy atom. The second-order valence-electron chi connectivity index (χ2n) is 8.55. The molecule has 7 nitrogen and oxygen atoms in total. The Bertz CT molecular complexity index is 962. The molecule has 168 valence electrons. The number of anilines is 1. The number of nitrogens with zero attached hydrogens (tertiary/aromatic N) is 1. The van der Waals surface area contributed by atoms with Crippen LogP contribution in [0.2, 0.25) is 0 Å². The van der Waals surface area contributed by atoms with Crippen LogP contribution in [0.5, 0.6) is 0 Å². The van der Waals surface area contributed by atoms with E-state index in [9.17, 15) is 14.4 Å². The van der Waals surface area contributed by atoms with Crippen LogP contribution in [-0.4, -0.2) is 48.2 Å². The predicted molar refractivity (Wildman–Crippen MR) is 120 cm³/mol. The number of nitrogens with one attached hydrogen (secondary N) is 1. The molecule has 1 aromatic heterocycles. The molecule has 4 atom stereocenters. The van der Waals surface area contributed by atoms with Crippen LogP contribution in [0.4, 0.5) is 10.5 Å². The van der Waals surface area contributed by atoms with Crippen LogP contribution < -0.4 is 5.32 Å². The van der Waals surface area contributed by atoms with Gasteiger partial charge in [-0.1, -0.05) is 18.2 Å². The Labute approximate surface area is 190 Å². The lowest BCUT2D eigenvalue weighted by atomic mass is 9.81. The van der Waals surface area contributed by atoms with Gasteiger partial charge < -0.3 is 9.47 Å². The van der Waals surface area contributed by atoms with Crippen LogP contribution >= 0.6 is 11.3 Å². The smallest absolute Gasteiger partial charge is 0.411 e. The van der Waals surface area contributed by atoms with Gasteiger partial charge in [0.25, 0.3) is 0 Å². The number of unbranched alkanes of at least 4 members (excludes halogenated alkanes) is 2. The van der Waals surface area contributed by atoms with Gasteiger partial charge in [-0.25, -0.2) is 4.79 Å². The summed E-state index contributed by atoms with van der Waals surface area (Å²) in [5.41, 5.74) is 1.79. The number of fused-ring (bicyclic) bond motifs is 5. The number of amides is 3. The van der Waals surface area contributed by atoms with Gasteiger partial charge in [0.1, 0.15) is 0 Å². The summed E-state index contributed by atoms with van der Waals surface area (Å²) < 4.78 is 11.0. The number of imide groups is 1. The largest absolute Gasteiger partial charge is 0.449 e. The minimum atomic E-state index is -0.484. The van der Waals surface area contributed by atoms with Gasteiger partial charge in [-0.05, 0) is 61.2 Å². The molecule has 0 spiro atoms. The fourth-order valence-corrected chi connectivity index (χ4v) is 5.76. The van der Waals surface area contributed by atoms with Crippen molar-refractivity contribution in [1.29, 1.82) is 0 Å². The lowest BCUT2D eigenvalue weighted by Crippen LogP contribution is -2.35. The van der Waals surface area contributed by atoms with Crippen molar-refractivity contribution in [3.63, 3.8) is 0 Å². The molecule has 2 aromatic rings. The molecule has 1 N–H and O–H groups in total. The van der Waals surface area contributed by atoms with E-state index in [-0.39, 0.29) is 35.9 Å². The summed E-state index contributed by atoms with van der Waals surface area (Å²) in [7, 11) is 0. The predicted octanol–water partition coefficient (Wildman–Crippen LogP) is 4.30. The fraction of sp³-hybridized carbons (Fsp3) is 0.458. The quantitative estimate of drug-likeness (QED) is 0.475. The van der Waals surface area contributed by atoms with Crippen molar-refractivity contribution in [2.75, 3.05) is 18.5 Å². The zero-order chi connectivity index (χ0) is 22.1. The standard InChI is InChI=1S/C24H26N2O5S/c27-22-20-17-10-11-18(31-17)21(20)23(28)26(22)12-2-1-3-13-30-24(29)25-16-8-6-15(7-9-16)19-5-4-14-32-19/h4-9,14,17-18,20-21H,1-3,10-13H2,(H,25,29). The second-order valence-corrected chi connectivity index (χ2v) is 9.49. The van der Waals surface area contributed by atoms with E-state index in [1.54, 1.807) is 11.3 Å². The third kappa shape index (κ3) is 4.04. The first-order chi connectivity index (χ1) is 15.6. The Balaban J connectivity index is 0.991. The van der Waals surface area contributed by atoms with Crippen molar-refractivity contribution in [2.24, 2.45) is 11.8 Å². The maximum Gasteiger partial charge on any atom is 0.411 e. The molecule has 1 aromatic carbocycles. The first-order valence-electron chi connectivity index (χ1n) is 11.2. The number of hydrogen-bond donors (Lipinski definition) is 1. The average molecular weight is 455 g/mol. The van der Waals surface area contributed by atoms with Crippen LogP contribution in [0, 0.1) is 11.8 Å². The van der Waals surface area contributed by atoms with E-state index in [4.69, 9.17) is 9.47 Å². The molecule has 3 aliphatic heterocycles. The number of thiophene rings is 1. The number of likely N-dealkylation sites (tertiary alicyclic amines) is 1. The Hall–Kier alpha value is -2.71. The highest BCUT2D eigenvalue weighted by molar-refractivity contribution is 7.13. The van der Waals surface area contributed by atoms with Crippen LogP contribution in [0.15, 0.2) is 41.8 Å². The van der Waals surface area contributed by atoms with Crippen molar-refractivity contribution in [2.45, 2.75) is 44.3 Å². The second kappa shape index (κ2) is 9.03. The zero-order valence-corrected chi connectivity index (χ0v) is 18.5. The molecule has 8 heteroatoms. The van der Waals surface area contributed by atoms with Gasteiger partial charge in [-0.15, -0.1) is 11.3 Å². The van der Waals surface area contributed by atoms with E-state index in [1.807, 2.05) is 35.7 Å². The highest BCUT2D eigenvalue weighted by Gasteiger charge is 2.62. The number of rotatable bonds is 8. The summed E-state index contributed by atoms with van der Waals surface area (Å²) in [6, 6.07) is 11.7. The highest BCUT2D eigenvalue weighted by atomic mass is 32.1.